The molecule has 0 aromatic heterocycles. The Kier molecular flexibility index (Phi) is 8.14. The fraction of sp³-hybridized carbons (Fsp3) is 0.579. The second-order valence-electron chi connectivity index (χ2n) is 5.67. The molecule has 0 aliphatic carbocycles. The molecule has 1 rings (SSSR count). The van der Waals surface area contributed by atoms with E-state index in [1.54, 1.807) is 7.11 Å². The summed E-state index contributed by atoms with van der Waals surface area (Å²) in [5.74, 6) is -0.465. The molecule has 0 spiro atoms. The van der Waals surface area contributed by atoms with Gasteiger partial charge in [0.25, 0.3) is 0 Å². The zero-order valence-electron chi connectivity index (χ0n) is 14.0. The van der Waals surface area contributed by atoms with Crippen LogP contribution in [-0.2, 0) is 15.9 Å². The third-order valence-electron chi connectivity index (χ3n) is 3.87. The first-order valence-corrected chi connectivity index (χ1v) is 8.08. The van der Waals surface area contributed by atoms with E-state index in [2.05, 4.69) is 45.0 Å². The smallest absolute Gasteiger partial charge is 0.209 e. The van der Waals surface area contributed by atoms with E-state index in [0.29, 0.717) is 0 Å². The van der Waals surface area contributed by atoms with Gasteiger partial charge in [-0.15, -0.1) is 0 Å². The summed E-state index contributed by atoms with van der Waals surface area (Å²) < 4.78 is 11.7. The van der Waals surface area contributed by atoms with Crippen molar-refractivity contribution in [2.75, 3.05) is 7.11 Å². The van der Waals surface area contributed by atoms with Gasteiger partial charge in [0.1, 0.15) is 0 Å². The topological polar surface area (TPSA) is 18.5 Å². The standard InChI is InChI=1S/C19H30O2/c1-5-7-11-14-19(6-2,20-4)21-16-17(3)15-18-12-9-8-10-13-18/h8-10,12-13,16H,5-7,11,14-15H2,1-4H3/b17-16+. The summed E-state index contributed by atoms with van der Waals surface area (Å²) in [4.78, 5) is 0. The van der Waals surface area contributed by atoms with Crippen molar-refractivity contribution in [3.05, 3.63) is 47.7 Å². The van der Waals surface area contributed by atoms with Crippen molar-refractivity contribution in [1.82, 2.24) is 0 Å². The minimum Gasteiger partial charge on any atom is -0.470 e. The van der Waals surface area contributed by atoms with Gasteiger partial charge < -0.3 is 9.47 Å². The lowest BCUT2D eigenvalue weighted by Crippen LogP contribution is -2.32. The third-order valence-corrected chi connectivity index (χ3v) is 3.87. The summed E-state index contributed by atoms with van der Waals surface area (Å²) in [5, 5.41) is 0. The van der Waals surface area contributed by atoms with Crippen LogP contribution >= 0.6 is 0 Å². The van der Waals surface area contributed by atoms with E-state index in [1.807, 2.05) is 12.3 Å². The predicted molar refractivity (Wildman–Crippen MR) is 89.2 cm³/mol. The van der Waals surface area contributed by atoms with Crippen molar-refractivity contribution in [2.24, 2.45) is 0 Å². The zero-order valence-corrected chi connectivity index (χ0v) is 14.0. The summed E-state index contributed by atoms with van der Waals surface area (Å²) in [7, 11) is 1.75. The van der Waals surface area contributed by atoms with Crippen LogP contribution in [0.15, 0.2) is 42.2 Å². The van der Waals surface area contributed by atoms with Crippen molar-refractivity contribution in [3.63, 3.8) is 0 Å². The summed E-state index contributed by atoms with van der Waals surface area (Å²) in [6.45, 7) is 6.44. The molecule has 0 fully saturated rings. The Hall–Kier alpha value is -1.28. The Balaban J connectivity index is 2.59. The second-order valence-corrected chi connectivity index (χ2v) is 5.67. The van der Waals surface area contributed by atoms with Crippen LogP contribution < -0.4 is 0 Å². The van der Waals surface area contributed by atoms with Crippen LogP contribution in [0, 0.1) is 0 Å². The number of unbranched alkanes of at least 4 members (excludes halogenated alkanes) is 2. The molecule has 118 valence electrons. The van der Waals surface area contributed by atoms with Gasteiger partial charge in [-0.2, -0.15) is 0 Å². The maximum Gasteiger partial charge on any atom is 0.209 e. The maximum atomic E-state index is 6.02. The molecule has 0 radical (unpaired) electrons. The molecule has 0 bridgehead atoms. The Morgan fingerprint density at radius 2 is 1.86 bits per heavy atom. The summed E-state index contributed by atoms with van der Waals surface area (Å²) >= 11 is 0. The highest BCUT2D eigenvalue weighted by molar-refractivity contribution is 5.20. The van der Waals surface area contributed by atoms with Gasteiger partial charge in [-0.05, 0) is 30.9 Å². The zero-order chi connectivity index (χ0) is 15.6. The van der Waals surface area contributed by atoms with E-state index in [4.69, 9.17) is 9.47 Å². The minimum absolute atomic E-state index is 0.465. The van der Waals surface area contributed by atoms with Crippen LogP contribution in [0.5, 0.6) is 0 Å². The lowest BCUT2D eigenvalue weighted by molar-refractivity contribution is -0.197. The van der Waals surface area contributed by atoms with Gasteiger partial charge in [0.2, 0.25) is 5.79 Å². The van der Waals surface area contributed by atoms with Crippen LogP contribution in [0.3, 0.4) is 0 Å². The number of methoxy groups -OCH3 is 1. The van der Waals surface area contributed by atoms with Crippen LogP contribution in [-0.4, -0.2) is 12.9 Å². The summed E-state index contributed by atoms with van der Waals surface area (Å²) in [5.41, 5.74) is 2.52. The monoisotopic (exact) mass is 290 g/mol. The fourth-order valence-corrected chi connectivity index (χ4v) is 2.43. The van der Waals surface area contributed by atoms with E-state index < -0.39 is 5.79 Å². The van der Waals surface area contributed by atoms with E-state index in [1.165, 1.54) is 24.0 Å². The highest BCUT2D eigenvalue weighted by Crippen LogP contribution is 2.25. The number of hydrogen-bond acceptors (Lipinski definition) is 2. The molecule has 0 heterocycles. The molecule has 2 nitrogen and oxygen atoms in total. The molecule has 2 heteroatoms. The van der Waals surface area contributed by atoms with Gasteiger partial charge in [-0.3, -0.25) is 0 Å². The number of rotatable bonds is 10. The summed E-state index contributed by atoms with van der Waals surface area (Å²) in [6, 6.07) is 10.5. The van der Waals surface area contributed by atoms with E-state index >= 15 is 0 Å². The molecule has 0 N–H and O–H groups in total. The Labute approximate surface area is 130 Å². The number of ether oxygens (including phenoxy) is 2. The molecule has 1 unspecified atom stereocenters. The first-order chi connectivity index (χ1) is 10.2. The van der Waals surface area contributed by atoms with Gasteiger partial charge in [0.15, 0.2) is 0 Å². The van der Waals surface area contributed by atoms with Crippen LogP contribution in [0.2, 0.25) is 0 Å². The van der Waals surface area contributed by atoms with Crippen molar-refractivity contribution in [3.8, 4) is 0 Å². The molecule has 0 aliphatic heterocycles. The molecule has 0 saturated carbocycles. The van der Waals surface area contributed by atoms with Gasteiger partial charge in [0, 0.05) is 20.0 Å². The first kappa shape index (κ1) is 17.8. The largest absolute Gasteiger partial charge is 0.470 e. The Bertz CT molecular complexity index is 405. The number of allylic oxidation sites excluding steroid dienone is 1. The predicted octanol–water partition coefficient (Wildman–Crippen LogP) is 5.48. The lowest BCUT2D eigenvalue weighted by Gasteiger charge is -2.31. The Morgan fingerprint density at radius 1 is 1.14 bits per heavy atom. The van der Waals surface area contributed by atoms with Crippen molar-refractivity contribution in [2.45, 2.75) is 65.1 Å². The molecule has 0 amide bonds. The molecular weight excluding hydrogens is 260 g/mol. The van der Waals surface area contributed by atoms with Gasteiger partial charge in [-0.1, -0.05) is 57.0 Å². The average molecular weight is 290 g/mol. The molecular formula is C19H30O2. The second kappa shape index (κ2) is 9.62. The molecule has 1 aromatic carbocycles. The lowest BCUT2D eigenvalue weighted by atomic mass is 10.0. The van der Waals surface area contributed by atoms with Crippen LogP contribution in [0.4, 0.5) is 0 Å². The van der Waals surface area contributed by atoms with Crippen molar-refractivity contribution < 1.29 is 9.47 Å². The van der Waals surface area contributed by atoms with E-state index in [0.717, 1.165) is 25.7 Å². The highest BCUT2D eigenvalue weighted by atomic mass is 16.7. The average Bonchev–Trinajstić information content (AvgIpc) is 2.52. The van der Waals surface area contributed by atoms with Gasteiger partial charge in [0.05, 0.1) is 6.26 Å². The molecule has 21 heavy (non-hydrogen) atoms. The maximum absolute atomic E-state index is 6.02. The van der Waals surface area contributed by atoms with Gasteiger partial charge in [-0.25, -0.2) is 0 Å². The normalized spacial score (nSPS) is 14.8. The SMILES string of the molecule is CCCCCC(CC)(OC)O/C=C(\C)Cc1ccccc1. The molecule has 0 saturated heterocycles. The first-order valence-electron chi connectivity index (χ1n) is 8.08. The van der Waals surface area contributed by atoms with Crippen molar-refractivity contribution >= 4 is 0 Å². The van der Waals surface area contributed by atoms with Crippen molar-refractivity contribution in [1.29, 1.82) is 0 Å². The number of hydrogen-bond donors (Lipinski definition) is 0. The van der Waals surface area contributed by atoms with Gasteiger partial charge >= 0.3 is 0 Å². The quantitative estimate of drug-likeness (QED) is 0.322. The summed E-state index contributed by atoms with van der Waals surface area (Å²) in [6.07, 6.45) is 8.19. The van der Waals surface area contributed by atoms with Crippen LogP contribution in [0.1, 0.15) is 58.4 Å². The molecule has 0 aliphatic rings. The van der Waals surface area contributed by atoms with E-state index in [-0.39, 0.29) is 0 Å². The Morgan fingerprint density at radius 3 is 2.43 bits per heavy atom. The third kappa shape index (κ3) is 6.34. The number of benzene rings is 1. The van der Waals surface area contributed by atoms with E-state index in [9.17, 15) is 0 Å². The molecule has 1 atom stereocenters. The minimum atomic E-state index is -0.465. The van der Waals surface area contributed by atoms with Crippen LogP contribution in [0.25, 0.3) is 0 Å². The molecule has 1 aromatic rings. The highest BCUT2D eigenvalue weighted by Gasteiger charge is 2.28. The fourth-order valence-electron chi connectivity index (χ4n) is 2.43.